The molecule has 1 heterocycles. The zero-order valence-corrected chi connectivity index (χ0v) is 9.78. The van der Waals surface area contributed by atoms with Gasteiger partial charge in [-0.15, -0.1) is 0 Å². The Morgan fingerprint density at radius 2 is 2.00 bits per heavy atom. The number of benzene rings is 1. The van der Waals surface area contributed by atoms with Gasteiger partial charge in [-0.2, -0.15) is 5.26 Å². The predicted molar refractivity (Wildman–Crippen MR) is 63.8 cm³/mol. The highest BCUT2D eigenvalue weighted by molar-refractivity contribution is 5.47. The van der Waals surface area contributed by atoms with Gasteiger partial charge in [-0.05, 0) is 25.2 Å². The van der Waals surface area contributed by atoms with E-state index in [1.165, 1.54) is 12.1 Å². The van der Waals surface area contributed by atoms with Gasteiger partial charge >= 0.3 is 0 Å². The van der Waals surface area contributed by atoms with Gasteiger partial charge in [0.05, 0.1) is 11.3 Å². The molecule has 0 bridgehead atoms. The van der Waals surface area contributed by atoms with E-state index in [0.29, 0.717) is 5.69 Å². The molecule has 1 saturated heterocycles. The molecular formula is C12H15FN4. The number of hydrogen-bond acceptors (Lipinski definition) is 4. The lowest BCUT2D eigenvalue weighted by Crippen LogP contribution is -2.46. The first-order valence-electron chi connectivity index (χ1n) is 5.59. The van der Waals surface area contributed by atoms with Crippen LogP contribution in [0, 0.1) is 17.1 Å². The van der Waals surface area contributed by atoms with Crippen LogP contribution in [-0.4, -0.2) is 43.1 Å². The summed E-state index contributed by atoms with van der Waals surface area (Å²) in [6.07, 6.45) is 0. The number of nitrogens with one attached hydrogen (secondary N) is 1. The lowest BCUT2D eigenvalue weighted by Gasteiger charge is -2.33. The molecule has 0 spiro atoms. The van der Waals surface area contributed by atoms with Crippen LogP contribution in [0.25, 0.3) is 0 Å². The number of halogens is 1. The number of rotatable bonds is 2. The molecule has 0 unspecified atom stereocenters. The van der Waals surface area contributed by atoms with Crippen molar-refractivity contribution >= 4 is 5.69 Å². The van der Waals surface area contributed by atoms with E-state index in [0.717, 1.165) is 26.2 Å². The summed E-state index contributed by atoms with van der Waals surface area (Å²) in [6, 6.07) is 6.38. The van der Waals surface area contributed by atoms with Crippen LogP contribution in [0.4, 0.5) is 10.1 Å². The molecule has 17 heavy (non-hydrogen) atoms. The summed E-state index contributed by atoms with van der Waals surface area (Å²) in [5, 5.41) is 10.7. The van der Waals surface area contributed by atoms with Crippen molar-refractivity contribution in [1.82, 2.24) is 9.91 Å². The smallest absolute Gasteiger partial charge is 0.143 e. The van der Waals surface area contributed by atoms with Gasteiger partial charge in [0, 0.05) is 26.2 Å². The summed E-state index contributed by atoms with van der Waals surface area (Å²) < 4.78 is 13.4. The molecular weight excluding hydrogens is 219 g/mol. The summed E-state index contributed by atoms with van der Waals surface area (Å²) in [6.45, 7) is 3.79. The van der Waals surface area contributed by atoms with Gasteiger partial charge in [0.15, 0.2) is 0 Å². The molecule has 1 aliphatic heterocycles. The third kappa shape index (κ3) is 2.93. The summed E-state index contributed by atoms with van der Waals surface area (Å²) in [5.74, 6) is -0.480. The maximum atomic E-state index is 13.4. The molecule has 1 aliphatic rings. The number of anilines is 1. The first-order chi connectivity index (χ1) is 8.19. The van der Waals surface area contributed by atoms with E-state index in [2.05, 4.69) is 22.4 Å². The van der Waals surface area contributed by atoms with Crippen molar-refractivity contribution < 1.29 is 4.39 Å². The Morgan fingerprint density at radius 3 is 2.59 bits per heavy atom. The molecule has 1 fully saturated rings. The van der Waals surface area contributed by atoms with E-state index in [4.69, 9.17) is 5.26 Å². The van der Waals surface area contributed by atoms with Crippen LogP contribution < -0.4 is 5.43 Å². The minimum Gasteiger partial charge on any atom is -0.319 e. The molecule has 0 saturated carbocycles. The first-order valence-corrected chi connectivity index (χ1v) is 5.59. The molecule has 0 amide bonds. The summed E-state index contributed by atoms with van der Waals surface area (Å²) in [4.78, 5) is 2.25. The second kappa shape index (κ2) is 5.13. The van der Waals surface area contributed by atoms with Crippen LogP contribution >= 0.6 is 0 Å². The SMILES string of the molecule is CN1CCN(Nc2ccc(C#N)c(F)c2)CC1. The highest BCUT2D eigenvalue weighted by Gasteiger charge is 2.13. The van der Waals surface area contributed by atoms with Crippen LogP contribution in [0.3, 0.4) is 0 Å². The highest BCUT2D eigenvalue weighted by atomic mass is 19.1. The van der Waals surface area contributed by atoms with Gasteiger partial charge in [-0.25, -0.2) is 9.40 Å². The number of nitriles is 1. The van der Waals surface area contributed by atoms with Crippen molar-refractivity contribution in [3.8, 4) is 6.07 Å². The molecule has 90 valence electrons. The van der Waals surface area contributed by atoms with E-state index >= 15 is 0 Å². The van der Waals surface area contributed by atoms with E-state index in [1.807, 2.05) is 6.07 Å². The Labute approximate surface area is 100 Å². The van der Waals surface area contributed by atoms with Crippen LogP contribution in [0.15, 0.2) is 18.2 Å². The highest BCUT2D eigenvalue weighted by Crippen LogP contribution is 2.15. The van der Waals surface area contributed by atoms with Crippen LogP contribution in [0.2, 0.25) is 0 Å². The molecule has 0 aliphatic carbocycles. The standard InChI is InChI=1S/C12H15FN4/c1-16-4-6-17(7-5-16)15-11-3-2-10(9-14)12(13)8-11/h2-3,8,15H,4-7H2,1H3. The summed E-state index contributed by atoms with van der Waals surface area (Å²) >= 11 is 0. The Bertz CT molecular complexity index is 433. The van der Waals surface area contributed by atoms with Crippen molar-refractivity contribution in [3.63, 3.8) is 0 Å². The average Bonchev–Trinajstić information content (AvgIpc) is 2.32. The Hall–Kier alpha value is -1.64. The zero-order chi connectivity index (χ0) is 12.3. The maximum Gasteiger partial charge on any atom is 0.143 e. The largest absolute Gasteiger partial charge is 0.319 e. The van der Waals surface area contributed by atoms with Gasteiger partial charge in [0.1, 0.15) is 11.9 Å². The maximum absolute atomic E-state index is 13.4. The topological polar surface area (TPSA) is 42.3 Å². The fourth-order valence-electron chi connectivity index (χ4n) is 1.78. The first kappa shape index (κ1) is 11.8. The molecule has 1 aromatic rings. The molecule has 4 nitrogen and oxygen atoms in total. The molecule has 0 atom stereocenters. The van der Waals surface area contributed by atoms with E-state index in [1.54, 1.807) is 6.07 Å². The van der Waals surface area contributed by atoms with Crippen molar-refractivity contribution in [2.45, 2.75) is 0 Å². The van der Waals surface area contributed by atoms with Gasteiger partial charge in [-0.3, -0.25) is 0 Å². The second-order valence-electron chi connectivity index (χ2n) is 4.21. The number of hydrazine groups is 1. The fourth-order valence-corrected chi connectivity index (χ4v) is 1.78. The molecule has 0 aromatic heterocycles. The molecule has 2 rings (SSSR count). The minimum absolute atomic E-state index is 0.0777. The fraction of sp³-hybridized carbons (Fsp3) is 0.417. The number of nitrogens with zero attached hydrogens (tertiary/aromatic N) is 3. The second-order valence-corrected chi connectivity index (χ2v) is 4.21. The number of likely N-dealkylation sites (N-methyl/N-ethyl adjacent to an activating group) is 1. The van der Waals surface area contributed by atoms with Crippen molar-refractivity contribution in [1.29, 1.82) is 5.26 Å². The molecule has 5 heteroatoms. The van der Waals surface area contributed by atoms with Gasteiger partial charge in [0.25, 0.3) is 0 Å². The third-order valence-electron chi connectivity index (χ3n) is 2.88. The lowest BCUT2D eigenvalue weighted by molar-refractivity contribution is 0.179. The van der Waals surface area contributed by atoms with E-state index in [9.17, 15) is 4.39 Å². The van der Waals surface area contributed by atoms with E-state index < -0.39 is 5.82 Å². The summed E-state index contributed by atoms with van der Waals surface area (Å²) in [5.41, 5.74) is 3.91. The normalized spacial score (nSPS) is 17.7. The zero-order valence-electron chi connectivity index (χ0n) is 9.78. The minimum atomic E-state index is -0.480. The van der Waals surface area contributed by atoms with Crippen molar-refractivity contribution in [2.75, 3.05) is 38.7 Å². The Balaban J connectivity index is 2.00. The molecule has 1 aromatic carbocycles. The van der Waals surface area contributed by atoms with Crippen LogP contribution in [0.5, 0.6) is 0 Å². The van der Waals surface area contributed by atoms with Crippen molar-refractivity contribution in [3.05, 3.63) is 29.6 Å². The lowest BCUT2D eigenvalue weighted by atomic mass is 10.2. The number of hydrogen-bond donors (Lipinski definition) is 1. The van der Waals surface area contributed by atoms with Crippen molar-refractivity contribution in [2.24, 2.45) is 0 Å². The summed E-state index contributed by atoms with van der Waals surface area (Å²) in [7, 11) is 2.08. The quantitative estimate of drug-likeness (QED) is 0.837. The monoisotopic (exact) mass is 234 g/mol. The number of piperazine rings is 1. The Morgan fingerprint density at radius 1 is 1.29 bits per heavy atom. The van der Waals surface area contributed by atoms with Crippen LogP contribution in [0.1, 0.15) is 5.56 Å². The van der Waals surface area contributed by atoms with Gasteiger partial charge in [0.2, 0.25) is 0 Å². The molecule has 1 N–H and O–H groups in total. The van der Waals surface area contributed by atoms with Gasteiger partial charge < -0.3 is 10.3 Å². The Kier molecular flexibility index (Phi) is 3.57. The average molecular weight is 234 g/mol. The predicted octanol–water partition coefficient (Wildman–Crippen LogP) is 1.27. The van der Waals surface area contributed by atoms with Crippen LogP contribution in [-0.2, 0) is 0 Å². The molecule has 0 radical (unpaired) electrons. The van der Waals surface area contributed by atoms with Gasteiger partial charge in [-0.1, -0.05) is 0 Å². The van der Waals surface area contributed by atoms with E-state index in [-0.39, 0.29) is 5.56 Å². The third-order valence-corrected chi connectivity index (χ3v) is 2.88.